The van der Waals surface area contributed by atoms with E-state index in [0.717, 1.165) is 16.5 Å². The predicted molar refractivity (Wildman–Crippen MR) is 93.5 cm³/mol. The number of nitrogens with one attached hydrogen (secondary N) is 2. The summed E-state index contributed by atoms with van der Waals surface area (Å²) in [6.07, 6.45) is 2.01. The molecule has 0 saturated carbocycles. The zero-order chi connectivity index (χ0) is 16.9. The van der Waals surface area contributed by atoms with Gasteiger partial charge in [-0.1, -0.05) is 36.4 Å². The van der Waals surface area contributed by atoms with Crippen molar-refractivity contribution in [1.82, 2.24) is 15.2 Å². The molecule has 0 aliphatic heterocycles. The maximum Gasteiger partial charge on any atom is 0.251 e. The summed E-state index contributed by atoms with van der Waals surface area (Å²) < 4.78 is 2.04. The van der Waals surface area contributed by atoms with Crippen LogP contribution in [-0.2, 0) is 18.4 Å². The van der Waals surface area contributed by atoms with Crippen molar-refractivity contribution in [1.29, 1.82) is 0 Å². The Morgan fingerprint density at radius 1 is 0.958 bits per heavy atom. The van der Waals surface area contributed by atoms with Gasteiger partial charge in [-0.15, -0.1) is 0 Å². The molecule has 1 heterocycles. The summed E-state index contributed by atoms with van der Waals surface area (Å²) in [6.45, 7) is 0.389. The van der Waals surface area contributed by atoms with Crippen LogP contribution in [0.3, 0.4) is 0 Å². The second kappa shape index (κ2) is 7.00. The van der Waals surface area contributed by atoms with Crippen LogP contribution in [0.25, 0.3) is 10.9 Å². The Hall–Kier alpha value is -3.08. The average molecular weight is 321 g/mol. The summed E-state index contributed by atoms with van der Waals surface area (Å²) in [5, 5.41) is 6.58. The smallest absolute Gasteiger partial charge is 0.251 e. The molecule has 0 fully saturated rings. The first-order valence-electron chi connectivity index (χ1n) is 7.78. The largest absolute Gasteiger partial charge is 0.350 e. The predicted octanol–water partition coefficient (Wildman–Crippen LogP) is 2.22. The van der Waals surface area contributed by atoms with Gasteiger partial charge in [-0.25, -0.2) is 0 Å². The second-order valence-electron chi connectivity index (χ2n) is 5.61. The Morgan fingerprint density at radius 2 is 1.67 bits per heavy atom. The van der Waals surface area contributed by atoms with E-state index in [0.29, 0.717) is 12.1 Å². The molecular formula is C19H19N3O2. The van der Waals surface area contributed by atoms with E-state index < -0.39 is 0 Å². The highest BCUT2D eigenvalue weighted by atomic mass is 16.2. The summed E-state index contributed by atoms with van der Waals surface area (Å²) in [6, 6.07) is 16.9. The van der Waals surface area contributed by atoms with Gasteiger partial charge in [0, 0.05) is 36.3 Å². The SMILES string of the molecule is Cn1cc(CNC(=O)CNC(=O)c2ccccc2)c2ccccc21. The van der Waals surface area contributed by atoms with Crippen LogP contribution in [0, 0.1) is 0 Å². The molecule has 2 amide bonds. The Labute approximate surface area is 140 Å². The van der Waals surface area contributed by atoms with E-state index in [9.17, 15) is 9.59 Å². The molecule has 3 rings (SSSR count). The van der Waals surface area contributed by atoms with Gasteiger partial charge in [-0.3, -0.25) is 9.59 Å². The van der Waals surface area contributed by atoms with Crippen molar-refractivity contribution < 1.29 is 9.59 Å². The zero-order valence-corrected chi connectivity index (χ0v) is 13.5. The number of benzene rings is 2. The van der Waals surface area contributed by atoms with Crippen molar-refractivity contribution in [2.24, 2.45) is 7.05 Å². The van der Waals surface area contributed by atoms with Crippen LogP contribution in [0.4, 0.5) is 0 Å². The Kier molecular flexibility index (Phi) is 4.61. The molecule has 24 heavy (non-hydrogen) atoms. The molecule has 0 bridgehead atoms. The molecule has 0 spiro atoms. The molecule has 5 heteroatoms. The molecule has 0 atom stereocenters. The number of amides is 2. The van der Waals surface area contributed by atoms with Crippen molar-refractivity contribution in [3.63, 3.8) is 0 Å². The summed E-state index contributed by atoms with van der Waals surface area (Å²) in [5.41, 5.74) is 2.72. The summed E-state index contributed by atoms with van der Waals surface area (Å²) in [4.78, 5) is 23.9. The lowest BCUT2D eigenvalue weighted by Gasteiger charge is -2.06. The highest BCUT2D eigenvalue weighted by Gasteiger charge is 2.09. The van der Waals surface area contributed by atoms with Crippen LogP contribution in [0.1, 0.15) is 15.9 Å². The van der Waals surface area contributed by atoms with Crippen molar-refractivity contribution in [2.45, 2.75) is 6.54 Å². The fraction of sp³-hybridized carbons (Fsp3) is 0.158. The number of hydrogen-bond acceptors (Lipinski definition) is 2. The molecular weight excluding hydrogens is 302 g/mol. The van der Waals surface area contributed by atoms with E-state index in [2.05, 4.69) is 10.6 Å². The minimum atomic E-state index is -0.254. The van der Waals surface area contributed by atoms with E-state index in [1.165, 1.54) is 0 Å². The Bertz CT molecular complexity index is 869. The van der Waals surface area contributed by atoms with E-state index in [-0.39, 0.29) is 18.4 Å². The first kappa shape index (κ1) is 15.8. The number of aromatic nitrogens is 1. The molecule has 3 aromatic rings. The molecule has 122 valence electrons. The van der Waals surface area contributed by atoms with Crippen LogP contribution >= 0.6 is 0 Å². The van der Waals surface area contributed by atoms with E-state index in [1.807, 2.05) is 48.1 Å². The fourth-order valence-corrected chi connectivity index (χ4v) is 2.67. The average Bonchev–Trinajstić information content (AvgIpc) is 2.95. The lowest BCUT2D eigenvalue weighted by atomic mass is 10.2. The van der Waals surface area contributed by atoms with Crippen LogP contribution in [0.2, 0.25) is 0 Å². The van der Waals surface area contributed by atoms with E-state index in [4.69, 9.17) is 0 Å². The van der Waals surface area contributed by atoms with Crippen LogP contribution in [0.15, 0.2) is 60.8 Å². The molecule has 2 aromatic carbocycles. The second-order valence-corrected chi connectivity index (χ2v) is 5.61. The zero-order valence-electron chi connectivity index (χ0n) is 13.5. The van der Waals surface area contributed by atoms with Crippen molar-refractivity contribution >= 4 is 22.7 Å². The minimum Gasteiger partial charge on any atom is -0.350 e. The molecule has 0 aliphatic carbocycles. The molecule has 2 N–H and O–H groups in total. The van der Waals surface area contributed by atoms with Gasteiger partial charge < -0.3 is 15.2 Å². The molecule has 0 aliphatic rings. The molecule has 0 unspecified atom stereocenters. The third-order valence-electron chi connectivity index (χ3n) is 3.90. The summed E-state index contributed by atoms with van der Waals surface area (Å²) in [5.74, 6) is -0.469. The van der Waals surface area contributed by atoms with E-state index in [1.54, 1.807) is 24.3 Å². The monoisotopic (exact) mass is 321 g/mol. The van der Waals surface area contributed by atoms with Crippen LogP contribution in [0.5, 0.6) is 0 Å². The van der Waals surface area contributed by atoms with Gasteiger partial charge in [-0.05, 0) is 23.8 Å². The topological polar surface area (TPSA) is 63.1 Å². The molecule has 0 saturated heterocycles. The molecule has 0 radical (unpaired) electrons. The van der Waals surface area contributed by atoms with Gasteiger partial charge in [0.2, 0.25) is 5.91 Å². The van der Waals surface area contributed by atoms with E-state index >= 15 is 0 Å². The first-order chi connectivity index (χ1) is 11.6. The van der Waals surface area contributed by atoms with Gasteiger partial charge in [0.25, 0.3) is 5.91 Å². The highest BCUT2D eigenvalue weighted by molar-refractivity contribution is 5.96. The summed E-state index contributed by atoms with van der Waals surface area (Å²) >= 11 is 0. The standard InChI is InChI=1S/C19H19N3O2/c1-22-13-15(16-9-5-6-10-17(16)22)11-20-18(23)12-21-19(24)14-7-3-2-4-8-14/h2-10,13H,11-12H2,1H3,(H,20,23)(H,21,24). The van der Waals surface area contributed by atoms with Gasteiger partial charge in [0.05, 0.1) is 6.54 Å². The van der Waals surface area contributed by atoms with Gasteiger partial charge in [-0.2, -0.15) is 0 Å². The maximum absolute atomic E-state index is 12.0. The lowest BCUT2D eigenvalue weighted by molar-refractivity contribution is -0.120. The number of carbonyl (C=O) groups is 2. The Balaban J connectivity index is 1.55. The third kappa shape index (κ3) is 3.46. The summed E-state index contributed by atoms with van der Waals surface area (Å²) in [7, 11) is 1.98. The quantitative estimate of drug-likeness (QED) is 0.757. The highest BCUT2D eigenvalue weighted by Crippen LogP contribution is 2.19. The number of para-hydroxylation sites is 1. The van der Waals surface area contributed by atoms with Gasteiger partial charge >= 0.3 is 0 Å². The minimum absolute atomic E-state index is 0.0432. The van der Waals surface area contributed by atoms with Crippen molar-refractivity contribution in [2.75, 3.05) is 6.54 Å². The lowest BCUT2D eigenvalue weighted by Crippen LogP contribution is -2.36. The van der Waals surface area contributed by atoms with Crippen LogP contribution in [-0.4, -0.2) is 22.9 Å². The van der Waals surface area contributed by atoms with Crippen molar-refractivity contribution in [3.8, 4) is 0 Å². The van der Waals surface area contributed by atoms with Crippen LogP contribution < -0.4 is 10.6 Å². The number of fused-ring (bicyclic) bond motifs is 1. The number of rotatable bonds is 5. The Morgan fingerprint density at radius 3 is 2.46 bits per heavy atom. The maximum atomic E-state index is 12.0. The van der Waals surface area contributed by atoms with Gasteiger partial charge in [0.1, 0.15) is 0 Å². The number of aryl methyl sites for hydroxylation is 1. The first-order valence-corrected chi connectivity index (χ1v) is 7.78. The van der Waals surface area contributed by atoms with Crippen molar-refractivity contribution in [3.05, 3.63) is 71.9 Å². The molecule has 1 aromatic heterocycles. The molecule has 5 nitrogen and oxygen atoms in total. The third-order valence-corrected chi connectivity index (χ3v) is 3.90. The fourth-order valence-electron chi connectivity index (χ4n) is 2.67. The number of nitrogens with zero attached hydrogens (tertiary/aromatic N) is 1. The normalized spacial score (nSPS) is 10.5. The number of hydrogen-bond donors (Lipinski definition) is 2. The number of carbonyl (C=O) groups excluding carboxylic acids is 2. The van der Waals surface area contributed by atoms with Gasteiger partial charge in [0.15, 0.2) is 0 Å².